The fourth-order valence-electron chi connectivity index (χ4n) is 1.12. The summed E-state index contributed by atoms with van der Waals surface area (Å²) in [6, 6.07) is 2.28. The molecule has 0 atom stereocenters. The van der Waals surface area contributed by atoms with Crippen molar-refractivity contribution in [3.63, 3.8) is 0 Å². The van der Waals surface area contributed by atoms with E-state index in [4.69, 9.17) is 5.11 Å². The summed E-state index contributed by atoms with van der Waals surface area (Å²) in [6.07, 6.45) is 0.183. The molecule has 0 saturated heterocycles. The van der Waals surface area contributed by atoms with Gasteiger partial charge in [0.2, 0.25) is 6.41 Å². The third-order valence-corrected chi connectivity index (χ3v) is 2.17. The number of carbonyl (C=O) groups is 2. The SMILES string of the molecule is O=CNc1c(C(=O)O)cc(Br)cc1[N+](=O)[O-]. The van der Waals surface area contributed by atoms with Crippen LogP contribution in [0.4, 0.5) is 11.4 Å². The van der Waals surface area contributed by atoms with Crippen molar-refractivity contribution in [2.24, 2.45) is 0 Å². The van der Waals surface area contributed by atoms with Gasteiger partial charge in [-0.05, 0) is 6.07 Å². The Kier molecular flexibility index (Phi) is 3.56. The van der Waals surface area contributed by atoms with E-state index in [9.17, 15) is 19.7 Å². The van der Waals surface area contributed by atoms with Crippen LogP contribution in [0.15, 0.2) is 16.6 Å². The van der Waals surface area contributed by atoms with Crippen LogP contribution in [0.5, 0.6) is 0 Å². The molecule has 1 aromatic rings. The highest BCUT2D eigenvalue weighted by Crippen LogP contribution is 2.32. The summed E-state index contributed by atoms with van der Waals surface area (Å²) in [5, 5.41) is 21.5. The van der Waals surface area contributed by atoms with Crippen LogP contribution in [0.1, 0.15) is 10.4 Å². The molecule has 16 heavy (non-hydrogen) atoms. The van der Waals surface area contributed by atoms with Crippen LogP contribution in [0.2, 0.25) is 0 Å². The summed E-state index contributed by atoms with van der Waals surface area (Å²) in [5.41, 5.74) is -1.18. The lowest BCUT2D eigenvalue weighted by Gasteiger charge is -2.05. The topological polar surface area (TPSA) is 110 Å². The first-order valence-corrected chi connectivity index (χ1v) is 4.68. The average molecular weight is 289 g/mol. The van der Waals surface area contributed by atoms with Gasteiger partial charge in [0.05, 0.1) is 10.5 Å². The molecule has 1 aromatic carbocycles. The maximum absolute atomic E-state index is 10.8. The lowest BCUT2D eigenvalue weighted by molar-refractivity contribution is -0.384. The van der Waals surface area contributed by atoms with Crippen LogP contribution in [-0.2, 0) is 4.79 Å². The molecular formula is C8H5BrN2O5. The number of rotatable bonds is 4. The number of benzene rings is 1. The zero-order valence-electron chi connectivity index (χ0n) is 7.64. The van der Waals surface area contributed by atoms with Crippen molar-refractivity contribution in [3.8, 4) is 0 Å². The van der Waals surface area contributed by atoms with E-state index in [0.29, 0.717) is 0 Å². The van der Waals surface area contributed by atoms with E-state index in [1.807, 2.05) is 5.32 Å². The molecule has 0 aromatic heterocycles. The average Bonchev–Trinajstić information content (AvgIpc) is 2.19. The second-order valence-corrected chi connectivity index (χ2v) is 3.59. The van der Waals surface area contributed by atoms with E-state index in [1.165, 1.54) is 6.07 Å². The van der Waals surface area contributed by atoms with Crippen molar-refractivity contribution in [1.29, 1.82) is 0 Å². The third kappa shape index (κ3) is 2.34. The highest BCUT2D eigenvalue weighted by atomic mass is 79.9. The minimum absolute atomic E-state index is 0.183. The molecule has 0 aliphatic carbocycles. The number of nitrogens with one attached hydrogen (secondary N) is 1. The molecule has 2 N–H and O–H groups in total. The molecule has 8 heteroatoms. The Morgan fingerprint density at radius 2 is 2.19 bits per heavy atom. The van der Waals surface area contributed by atoms with Gasteiger partial charge in [0, 0.05) is 10.5 Å². The monoisotopic (exact) mass is 288 g/mol. The standard InChI is InChI=1S/C8H5BrN2O5/c9-4-1-5(8(13)14)7(10-3-12)6(2-4)11(15)16/h1-3H,(H,10,12)(H,13,14). The number of carboxylic acid groups (broad SMARTS) is 1. The summed E-state index contributed by atoms with van der Waals surface area (Å²) >= 11 is 2.95. The molecule has 0 unspecified atom stereocenters. The summed E-state index contributed by atoms with van der Waals surface area (Å²) in [6.45, 7) is 0. The Balaban J connectivity index is 3.52. The number of anilines is 1. The molecular weight excluding hydrogens is 284 g/mol. The minimum Gasteiger partial charge on any atom is -0.478 e. The highest BCUT2D eigenvalue weighted by Gasteiger charge is 2.22. The number of nitro benzene ring substituents is 1. The first kappa shape index (κ1) is 12.1. The summed E-state index contributed by atoms with van der Waals surface area (Å²) in [5.74, 6) is -1.37. The molecule has 0 saturated carbocycles. The number of nitrogens with zero attached hydrogens (tertiary/aromatic N) is 1. The largest absolute Gasteiger partial charge is 0.478 e. The maximum atomic E-state index is 10.8. The van der Waals surface area contributed by atoms with E-state index < -0.39 is 16.6 Å². The van der Waals surface area contributed by atoms with Gasteiger partial charge < -0.3 is 10.4 Å². The van der Waals surface area contributed by atoms with Crippen molar-refractivity contribution >= 4 is 39.7 Å². The molecule has 0 spiro atoms. The zero-order valence-corrected chi connectivity index (χ0v) is 9.22. The van der Waals surface area contributed by atoms with Gasteiger partial charge in [0.25, 0.3) is 5.69 Å². The van der Waals surface area contributed by atoms with Gasteiger partial charge in [-0.2, -0.15) is 0 Å². The number of nitro groups is 1. The fourth-order valence-corrected chi connectivity index (χ4v) is 1.56. The van der Waals surface area contributed by atoms with E-state index in [0.717, 1.165) is 6.07 Å². The lowest BCUT2D eigenvalue weighted by atomic mass is 10.1. The Hall–Kier alpha value is -1.96. The zero-order chi connectivity index (χ0) is 12.3. The van der Waals surface area contributed by atoms with Crippen LogP contribution < -0.4 is 5.32 Å². The second kappa shape index (κ2) is 4.71. The van der Waals surface area contributed by atoms with E-state index >= 15 is 0 Å². The van der Waals surface area contributed by atoms with Gasteiger partial charge in [-0.3, -0.25) is 14.9 Å². The normalized spacial score (nSPS) is 9.56. The number of carbonyl (C=O) groups excluding carboxylic acids is 1. The van der Waals surface area contributed by atoms with Crippen LogP contribution in [0.25, 0.3) is 0 Å². The van der Waals surface area contributed by atoms with Crippen LogP contribution in [-0.4, -0.2) is 22.4 Å². The number of amides is 1. The summed E-state index contributed by atoms with van der Waals surface area (Å²) in [7, 11) is 0. The van der Waals surface area contributed by atoms with E-state index in [2.05, 4.69) is 15.9 Å². The smallest absolute Gasteiger partial charge is 0.338 e. The van der Waals surface area contributed by atoms with Gasteiger partial charge in [-0.1, -0.05) is 15.9 Å². The molecule has 84 valence electrons. The van der Waals surface area contributed by atoms with Gasteiger partial charge >= 0.3 is 5.97 Å². The second-order valence-electron chi connectivity index (χ2n) is 2.67. The molecule has 7 nitrogen and oxygen atoms in total. The van der Waals surface area contributed by atoms with E-state index in [-0.39, 0.29) is 22.1 Å². The Bertz CT molecular complexity index is 438. The van der Waals surface area contributed by atoms with Crippen molar-refractivity contribution in [2.45, 2.75) is 0 Å². The number of hydrogen-bond acceptors (Lipinski definition) is 4. The first-order chi connectivity index (χ1) is 7.47. The number of hydrogen-bond donors (Lipinski definition) is 2. The Labute approximate surface area is 97.3 Å². The van der Waals surface area contributed by atoms with Gasteiger partial charge in [-0.25, -0.2) is 4.79 Å². The number of halogens is 1. The van der Waals surface area contributed by atoms with Crippen LogP contribution >= 0.6 is 15.9 Å². The minimum atomic E-state index is -1.37. The quantitative estimate of drug-likeness (QED) is 0.497. The molecule has 0 bridgehead atoms. The van der Waals surface area contributed by atoms with Gasteiger partial charge in [0.15, 0.2) is 0 Å². The number of carboxylic acids is 1. The predicted octanol–water partition coefficient (Wildman–Crippen LogP) is 1.62. The van der Waals surface area contributed by atoms with Crippen molar-refractivity contribution < 1.29 is 19.6 Å². The van der Waals surface area contributed by atoms with Crippen molar-refractivity contribution in [3.05, 3.63) is 32.3 Å². The summed E-state index contributed by atoms with van der Waals surface area (Å²) in [4.78, 5) is 31.0. The fraction of sp³-hybridized carbons (Fsp3) is 0. The third-order valence-electron chi connectivity index (χ3n) is 1.71. The molecule has 0 radical (unpaired) electrons. The molecule has 1 rings (SSSR count). The molecule has 0 fully saturated rings. The van der Waals surface area contributed by atoms with Crippen molar-refractivity contribution in [1.82, 2.24) is 0 Å². The first-order valence-electron chi connectivity index (χ1n) is 3.88. The van der Waals surface area contributed by atoms with Gasteiger partial charge in [-0.15, -0.1) is 0 Å². The Morgan fingerprint density at radius 3 is 2.62 bits per heavy atom. The molecule has 0 aliphatic heterocycles. The van der Waals surface area contributed by atoms with Crippen LogP contribution in [0, 0.1) is 10.1 Å². The summed E-state index contributed by atoms with van der Waals surface area (Å²) < 4.78 is 0.244. The predicted molar refractivity (Wildman–Crippen MR) is 57.4 cm³/mol. The van der Waals surface area contributed by atoms with Gasteiger partial charge in [0.1, 0.15) is 5.69 Å². The van der Waals surface area contributed by atoms with Crippen molar-refractivity contribution in [2.75, 3.05) is 5.32 Å². The maximum Gasteiger partial charge on any atom is 0.338 e. The molecule has 0 heterocycles. The molecule has 1 amide bonds. The lowest BCUT2D eigenvalue weighted by Crippen LogP contribution is -2.07. The number of aromatic carboxylic acids is 1. The highest BCUT2D eigenvalue weighted by molar-refractivity contribution is 9.10. The molecule has 0 aliphatic rings. The van der Waals surface area contributed by atoms with E-state index in [1.54, 1.807) is 0 Å². The van der Waals surface area contributed by atoms with Crippen LogP contribution in [0.3, 0.4) is 0 Å². The Morgan fingerprint density at radius 1 is 1.56 bits per heavy atom.